The number of alkyl halides is 3. The summed E-state index contributed by atoms with van der Waals surface area (Å²) in [5.41, 5.74) is -1.74. The van der Waals surface area contributed by atoms with Gasteiger partial charge in [0.15, 0.2) is 6.10 Å². The maximum atomic E-state index is 13.1. The summed E-state index contributed by atoms with van der Waals surface area (Å²) >= 11 is 0. The fourth-order valence-electron chi connectivity index (χ4n) is 2.88. The van der Waals surface area contributed by atoms with Gasteiger partial charge in [-0.25, -0.2) is 4.79 Å². The van der Waals surface area contributed by atoms with Crippen LogP contribution < -0.4 is 20.4 Å². The lowest BCUT2D eigenvalue weighted by Gasteiger charge is -2.16. The zero-order valence-corrected chi connectivity index (χ0v) is 16.1. The highest BCUT2D eigenvalue weighted by atomic mass is 19.4. The van der Waals surface area contributed by atoms with Crippen LogP contribution in [0.25, 0.3) is 11.0 Å². The number of amides is 1. The highest BCUT2D eigenvalue weighted by Gasteiger charge is 2.34. The number of methoxy groups -OCH3 is 1. The molecule has 0 radical (unpaired) electrons. The van der Waals surface area contributed by atoms with Crippen LogP contribution in [0.5, 0.6) is 11.5 Å². The van der Waals surface area contributed by atoms with Gasteiger partial charge in [-0.1, -0.05) is 18.2 Å². The third-order valence-corrected chi connectivity index (χ3v) is 4.35. The van der Waals surface area contributed by atoms with Gasteiger partial charge in [-0.15, -0.1) is 0 Å². The van der Waals surface area contributed by atoms with Crippen LogP contribution >= 0.6 is 0 Å². The van der Waals surface area contributed by atoms with Gasteiger partial charge in [0.2, 0.25) is 0 Å². The smallest absolute Gasteiger partial charge is 0.417 e. The van der Waals surface area contributed by atoms with E-state index in [0.717, 1.165) is 17.7 Å². The number of halogens is 3. The fraction of sp³-hybridized carbons (Fsp3) is 0.238. The van der Waals surface area contributed by atoms with Crippen molar-refractivity contribution in [2.75, 3.05) is 7.11 Å². The van der Waals surface area contributed by atoms with Gasteiger partial charge in [0.05, 0.1) is 12.7 Å². The Morgan fingerprint density at radius 2 is 1.90 bits per heavy atom. The van der Waals surface area contributed by atoms with Crippen molar-refractivity contribution in [3.05, 3.63) is 70.1 Å². The minimum atomic E-state index is -4.71. The molecular formula is C21H18F3NO5. The maximum Gasteiger partial charge on any atom is 0.417 e. The van der Waals surface area contributed by atoms with E-state index in [1.54, 1.807) is 18.2 Å². The Hall–Kier alpha value is -3.49. The first kappa shape index (κ1) is 21.2. The first-order chi connectivity index (χ1) is 14.2. The van der Waals surface area contributed by atoms with E-state index in [1.165, 1.54) is 20.1 Å². The molecule has 9 heteroatoms. The predicted octanol–water partition coefficient (Wildman–Crippen LogP) is 3.90. The summed E-state index contributed by atoms with van der Waals surface area (Å²) in [7, 11) is 1.52. The number of benzene rings is 2. The summed E-state index contributed by atoms with van der Waals surface area (Å²) in [5, 5.41) is 2.43. The molecule has 0 aliphatic heterocycles. The van der Waals surface area contributed by atoms with Gasteiger partial charge in [0.1, 0.15) is 17.1 Å². The van der Waals surface area contributed by atoms with E-state index in [4.69, 9.17) is 13.9 Å². The third kappa shape index (κ3) is 4.73. The van der Waals surface area contributed by atoms with Gasteiger partial charge in [0.25, 0.3) is 5.91 Å². The average Bonchev–Trinajstić information content (AvgIpc) is 2.70. The molecule has 0 aliphatic carbocycles. The highest BCUT2D eigenvalue weighted by molar-refractivity contribution is 5.83. The van der Waals surface area contributed by atoms with Crippen molar-refractivity contribution in [3.8, 4) is 11.5 Å². The van der Waals surface area contributed by atoms with E-state index >= 15 is 0 Å². The number of carbonyl (C=O) groups excluding carboxylic acids is 1. The van der Waals surface area contributed by atoms with Crippen molar-refractivity contribution in [1.29, 1.82) is 0 Å². The summed E-state index contributed by atoms with van der Waals surface area (Å²) < 4.78 is 54.9. The lowest BCUT2D eigenvalue weighted by atomic mass is 10.1. The lowest BCUT2D eigenvalue weighted by Crippen LogP contribution is -2.36. The number of rotatable bonds is 6. The molecule has 3 rings (SSSR count). The Morgan fingerprint density at radius 1 is 1.17 bits per heavy atom. The molecule has 1 amide bonds. The number of fused-ring (bicyclic) bond motifs is 1. The molecule has 0 saturated heterocycles. The summed E-state index contributed by atoms with van der Waals surface area (Å²) in [4.78, 5) is 23.8. The SMILES string of the molecule is COc1ccccc1CNC(=O)C(C)Oc1ccc2c(C(F)(F)F)cc(=O)oc2c1. The molecule has 3 aromatic rings. The van der Waals surface area contributed by atoms with Crippen LogP contribution in [0.2, 0.25) is 0 Å². The minimum Gasteiger partial charge on any atom is -0.496 e. The molecule has 0 bridgehead atoms. The first-order valence-electron chi connectivity index (χ1n) is 8.90. The lowest BCUT2D eigenvalue weighted by molar-refractivity contribution is -0.136. The number of ether oxygens (including phenoxy) is 2. The Bertz CT molecular complexity index is 1120. The Morgan fingerprint density at radius 3 is 2.60 bits per heavy atom. The molecular weight excluding hydrogens is 403 g/mol. The van der Waals surface area contributed by atoms with Gasteiger partial charge >= 0.3 is 11.8 Å². The highest BCUT2D eigenvalue weighted by Crippen LogP contribution is 2.35. The summed E-state index contributed by atoms with van der Waals surface area (Å²) in [6.45, 7) is 1.70. The zero-order valence-electron chi connectivity index (χ0n) is 16.1. The molecule has 0 fully saturated rings. The van der Waals surface area contributed by atoms with Crippen molar-refractivity contribution in [2.45, 2.75) is 25.7 Å². The van der Waals surface area contributed by atoms with Crippen LogP contribution in [0, 0.1) is 0 Å². The fourth-order valence-corrected chi connectivity index (χ4v) is 2.88. The van der Waals surface area contributed by atoms with E-state index in [9.17, 15) is 22.8 Å². The van der Waals surface area contributed by atoms with Crippen LogP contribution in [0.15, 0.2) is 57.7 Å². The topological polar surface area (TPSA) is 77.8 Å². The van der Waals surface area contributed by atoms with Crippen molar-refractivity contribution in [1.82, 2.24) is 5.32 Å². The number of hydrogen-bond acceptors (Lipinski definition) is 5. The van der Waals surface area contributed by atoms with Crippen LogP contribution in [0.4, 0.5) is 13.2 Å². The van der Waals surface area contributed by atoms with Crippen molar-refractivity contribution in [2.24, 2.45) is 0 Å². The second-order valence-corrected chi connectivity index (χ2v) is 6.42. The van der Waals surface area contributed by atoms with Crippen LogP contribution in [0.3, 0.4) is 0 Å². The van der Waals surface area contributed by atoms with E-state index in [-0.39, 0.29) is 23.3 Å². The largest absolute Gasteiger partial charge is 0.496 e. The van der Waals surface area contributed by atoms with Gasteiger partial charge in [-0.3, -0.25) is 4.79 Å². The first-order valence-corrected chi connectivity index (χ1v) is 8.90. The molecule has 0 spiro atoms. The third-order valence-electron chi connectivity index (χ3n) is 4.35. The van der Waals surface area contributed by atoms with E-state index in [1.807, 2.05) is 6.07 Å². The average molecular weight is 421 g/mol. The maximum absolute atomic E-state index is 13.1. The predicted molar refractivity (Wildman–Crippen MR) is 102 cm³/mol. The zero-order chi connectivity index (χ0) is 21.9. The number of nitrogens with one attached hydrogen (secondary N) is 1. The molecule has 1 unspecified atom stereocenters. The molecule has 6 nitrogen and oxygen atoms in total. The van der Waals surface area contributed by atoms with Gasteiger partial charge in [0, 0.05) is 29.6 Å². The van der Waals surface area contributed by atoms with Crippen LogP contribution in [-0.2, 0) is 17.5 Å². The minimum absolute atomic E-state index is 0.0879. The van der Waals surface area contributed by atoms with Crippen molar-refractivity contribution >= 4 is 16.9 Å². The molecule has 1 heterocycles. The van der Waals surface area contributed by atoms with E-state index < -0.39 is 29.4 Å². The molecule has 1 N–H and O–H groups in total. The number of para-hydroxylation sites is 1. The van der Waals surface area contributed by atoms with Gasteiger partial charge in [-0.2, -0.15) is 13.2 Å². The second-order valence-electron chi connectivity index (χ2n) is 6.42. The van der Waals surface area contributed by atoms with Crippen molar-refractivity contribution < 1.29 is 31.9 Å². The van der Waals surface area contributed by atoms with Gasteiger partial charge in [-0.05, 0) is 25.1 Å². The molecule has 158 valence electrons. The molecule has 30 heavy (non-hydrogen) atoms. The Labute approximate surface area is 169 Å². The number of hydrogen-bond donors (Lipinski definition) is 1. The van der Waals surface area contributed by atoms with Crippen LogP contribution in [-0.4, -0.2) is 19.1 Å². The molecule has 1 aromatic heterocycles. The standard InChI is InChI=1S/C21H18F3NO5/c1-12(20(27)25-11-13-5-3-4-6-17(13)28-2)29-14-7-8-15-16(21(22,23)24)10-19(26)30-18(15)9-14/h3-10,12H,11H2,1-2H3,(H,25,27). The summed E-state index contributed by atoms with van der Waals surface area (Å²) in [5.74, 6) is 0.271. The van der Waals surface area contributed by atoms with Crippen molar-refractivity contribution in [3.63, 3.8) is 0 Å². The second kappa shape index (κ2) is 8.48. The van der Waals surface area contributed by atoms with Gasteiger partial charge < -0.3 is 19.2 Å². The number of carbonyl (C=O) groups is 1. The summed E-state index contributed by atoms with van der Waals surface area (Å²) in [6, 6.07) is 11.1. The molecule has 1 atom stereocenters. The quantitative estimate of drug-likeness (QED) is 0.611. The Kier molecular flexibility index (Phi) is 6.00. The normalized spacial score (nSPS) is 12.4. The molecule has 0 aliphatic rings. The molecule has 2 aromatic carbocycles. The monoisotopic (exact) mass is 421 g/mol. The summed E-state index contributed by atoms with van der Waals surface area (Å²) in [6.07, 6.45) is -5.66. The van der Waals surface area contributed by atoms with E-state index in [0.29, 0.717) is 11.8 Å². The van der Waals surface area contributed by atoms with E-state index in [2.05, 4.69) is 5.32 Å². The van der Waals surface area contributed by atoms with Crippen LogP contribution in [0.1, 0.15) is 18.1 Å². The molecule has 0 saturated carbocycles. The Balaban J connectivity index is 1.74.